The van der Waals surface area contributed by atoms with Gasteiger partial charge in [-0.1, -0.05) is 0 Å². The smallest absolute Gasteiger partial charge is 0.250 e. The number of aryl methyl sites for hydroxylation is 2. The van der Waals surface area contributed by atoms with E-state index in [0.29, 0.717) is 0 Å². The fourth-order valence-corrected chi connectivity index (χ4v) is 1.19. The molecule has 0 saturated heterocycles. The molecule has 1 N–H and O–H groups in total. The summed E-state index contributed by atoms with van der Waals surface area (Å²) < 4.78 is 1.55. The minimum absolute atomic E-state index is 0.0292. The molecule has 3 heteroatoms. The number of aromatic nitrogens is 1. The zero-order valence-corrected chi connectivity index (χ0v) is 7.86. The number of unbranched alkanes of at least 4 members (excludes halogenated alkanes) is 1. The van der Waals surface area contributed by atoms with Crippen LogP contribution in [0.15, 0.2) is 23.1 Å². The van der Waals surface area contributed by atoms with Gasteiger partial charge in [-0.15, -0.1) is 0 Å². The lowest BCUT2D eigenvalue weighted by atomic mass is 10.1. The van der Waals surface area contributed by atoms with Crippen LogP contribution in [-0.2, 0) is 13.5 Å². The van der Waals surface area contributed by atoms with Gasteiger partial charge in [-0.25, -0.2) is 0 Å². The molecule has 0 aromatic carbocycles. The maximum absolute atomic E-state index is 11.2. The van der Waals surface area contributed by atoms with E-state index in [0.717, 1.165) is 24.8 Å². The highest BCUT2D eigenvalue weighted by molar-refractivity contribution is 5.10. The lowest BCUT2D eigenvalue weighted by Gasteiger charge is -2.01. The Bertz CT molecular complexity index is 317. The van der Waals surface area contributed by atoms with E-state index >= 15 is 0 Å². The average molecular weight is 181 g/mol. The van der Waals surface area contributed by atoms with Crippen molar-refractivity contribution in [1.29, 1.82) is 0 Å². The molecule has 3 nitrogen and oxygen atoms in total. The fourth-order valence-electron chi connectivity index (χ4n) is 1.19. The molecule has 0 unspecified atom stereocenters. The van der Waals surface area contributed by atoms with E-state index in [9.17, 15) is 4.79 Å². The summed E-state index contributed by atoms with van der Waals surface area (Å²) in [6.45, 7) is 0.227. The molecule has 13 heavy (non-hydrogen) atoms. The Balaban J connectivity index is 2.58. The van der Waals surface area contributed by atoms with Crippen LogP contribution in [0.4, 0.5) is 0 Å². The van der Waals surface area contributed by atoms with Crippen molar-refractivity contribution in [2.45, 2.75) is 19.3 Å². The van der Waals surface area contributed by atoms with Crippen molar-refractivity contribution >= 4 is 0 Å². The molecule has 0 atom stereocenters. The number of pyridine rings is 1. The predicted molar refractivity (Wildman–Crippen MR) is 51.7 cm³/mol. The molecule has 0 radical (unpaired) electrons. The second-order valence-electron chi connectivity index (χ2n) is 3.16. The predicted octanol–water partition coefficient (Wildman–Crippen LogP) is 0.700. The third-order valence-electron chi connectivity index (χ3n) is 2.04. The highest BCUT2D eigenvalue weighted by Crippen LogP contribution is 2.01. The zero-order chi connectivity index (χ0) is 9.68. The molecule has 0 aliphatic carbocycles. The minimum Gasteiger partial charge on any atom is -0.396 e. The van der Waals surface area contributed by atoms with Crippen molar-refractivity contribution in [1.82, 2.24) is 4.57 Å². The van der Waals surface area contributed by atoms with Gasteiger partial charge in [0.2, 0.25) is 0 Å². The summed E-state index contributed by atoms with van der Waals surface area (Å²) >= 11 is 0. The second kappa shape index (κ2) is 4.82. The van der Waals surface area contributed by atoms with E-state index in [1.165, 1.54) is 0 Å². The Hall–Kier alpha value is -1.09. The largest absolute Gasteiger partial charge is 0.396 e. The number of hydrogen-bond donors (Lipinski definition) is 1. The van der Waals surface area contributed by atoms with Crippen LogP contribution in [0.3, 0.4) is 0 Å². The Morgan fingerprint density at radius 1 is 1.46 bits per heavy atom. The van der Waals surface area contributed by atoms with E-state index in [1.807, 2.05) is 6.07 Å². The van der Waals surface area contributed by atoms with Gasteiger partial charge in [0.15, 0.2) is 0 Å². The molecule has 0 saturated carbocycles. The molecule has 0 fully saturated rings. The van der Waals surface area contributed by atoms with E-state index < -0.39 is 0 Å². The number of nitrogens with zero attached hydrogens (tertiary/aromatic N) is 1. The van der Waals surface area contributed by atoms with Crippen LogP contribution in [0.1, 0.15) is 18.4 Å². The third-order valence-corrected chi connectivity index (χ3v) is 2.04. The van der Waals surface area contributed by atoms with E-state index in [-0.39, 0.29) is 12.2 Å². The van der Waals surface area contributed by atoms with Crippen molar-refractivity contribution in [3.8, 4) is 0 Å². The number of rotatable bonds is 4. The molecule has 0 aliphatic heterocycles. The van der Waals surface area contributed by atoms with Gasteiger partial charge in [0, 0.05) is 25.9 Å². The van der Waals surface area contributed by atoms with E-state index in [1.54, 1.807) is 23.9 Å². The van der Waals surface area contributed by atoms with Crippen LogP contribution in [0.2, 0.25) is 0 Å². The molecule has 0 amide bonds. The Labute approximate surface area is 77.6 Å². The molecule has 1 heterocycles. The summed E-state index contributed by atoms with van der Waals surface area (Å²) in [5.41, 5.74) is 1.08. The maximum Gasteiger partial charge on any atom is 0.250 e. The van der Waals surface area contributed by atoms with Crippen molar-refractivity contribution in [3.05, 3.63) is 34.2 Å². The van der Waals surface area contributed by atoms with Gasteiger partial charge in [-0.05, 0) is 30.9 Å². The van der Waals surface area contributed by atoms with Crippen LogP contribution >= 0.6 is 0 Å². The zero-order valence-electron chi connectivity index (χ0n) is 7.86. The molecular weight excluding hydrogens is 166 g/mol. The summed E-state index contributed by atoms with van der Waals surface area (Å²) in [6, 6.07) is 3.59. The third kappa shape index (κ3) is 3.03. The maximum atomic E-state index is 11.2. The van der Waals surface area contributed by atoms with Gasteiger partial charge < -0.3 is 9.67 Å². The number of hydrogen-bond acceptors (Lipinski definition) is 2. The first-order valence-electron chi connectivity index (χ1n) is 4.50. The second-order valence-corrected chi connectivity index (χ2v) is 3.16. The van der Waals surface area contributed by atoms with Crippen molar-refractivity contribution in [3.63, 3.8) is 0 Å². The monoisotopic (exact) mass is 181 g/mol. The summed E-state index contributed by atoms with van der Waals surface area (Å²) in [5, 5.41) is 8.58. The summed E-state index contributed by atoms with van der Waals surface area (Å²) in [4.78, 5) is 11.2. The number of aliphatic hydroxyl groups is 1. The van der Waals surface area contributed by atoms with Crippen molar-refractivity contribution < 1.29 is 5.11 Å². The van der Waals surface area contributed by atoms with Crippen LogP contribution in [-0.4, -0.2) is 16.3 Å². The summed E-state index contributed by atoms with van der Waals surface area (Å²) in [6.07, 6.45) is 4.38. The van der Waals surface area contributed by atoms with Crippen molar-refractivity contribution in [2.75, 3.05) is 6.61 Å². The van der Waals surface area contributed by atoms with Crippen LogP contribution < -0.4 is 5.56 Å². The Kier molecular flexibility index (Phi) is 3.71. The Morgan fingerprint density at radius 3 is 2.85 bits per heavy atom. The minimum atomic E-state index is 0.0292. The normalized spacial score (nSPS) is 10.3. The number of aliphatic hydroxyl groups excluding tert-OH is 1. The standard InChI is InChI=1S/C10H15NO2/c1-11-6-5-9(8-10(11)13)4-2-3-7-12/h5-6,8,12H,2-4,7H2,1H3. The van der Waals surface area contributed by atoms with Crippen LogP contribution in [0.25, 0.3) is 0 Å². The van der Waals surface area contributed by atoms with E-state index in [4.69, 9.17) is 5.11 Å². The van der Waals surface area contributed by atoms with Gasteiger partial charge in [-0.3, -0.25) is 4.79 Å². The van der Waals surface area contributed by atoms with Gasteiger partial charge in [0.25, 0.3) is 5.56 Å². The lowest BCUT2D eigenvalue weighted by Crippen LogP contribution is -2.15. The summed E-state index contributed by atoms with van der Waals surface area (Å²) in [7, 11) is 1.74. The molecule has 1 aromatic heterocycles. The lowest BCUT2D eigenvalue weighted by molar-refractivity contribution is 0.284. The van der Waals surface area contributed by atoms with Gasteiger partial charge in [0.1, 0.15) is 0 Å². The SMILES string of the molecule is Cn1ccc(CCCCO)cc1=O. The van der Waals surface area contributed by atoms with Crippen molar-refractivity contribution in [2.24, 2.45) is 7.05 Å². The van der Waals surface area contributed by atoms with Gasteiger partial charge >= 0.3 is 0 Å². The molecule has 0 bridgehead atoms. The highest BCUT2D eigenvalue weighted by Gasteiger charge is 1.95. The molecular formula is C10H15NO2. The summed E-state index contributed by atoms with van der Waals surface area (Å²) in [5.74, 6) is 0. The van der Waals surface area contributed by atoms with Gasteiger partial charge in [-0.2, -0.15) is 0 Å². The quantitative estimate of drug-likeness (QED) is 0.695. The first-order valence-corrected chi connectivity index (χ1v) is 4.50. The first kappa shape index (κ1) is 9.99. The highest BCUT2D eigenvalue weighted by atomic mass is 16.2. The fraction of sp³-hybridized carbons (Fsp3) is 0.500. The van der Waals surface area contributed by atoms with Gasteiger partial charge in [0.05, 0.1) is 0 Å². The Morgan fingerprint density at radius 2 is 2.23 bits per heavy atom. The van der Waals surface area contributed by atoms with Crippen LogP contribution in [0, 0.1) is 0 Å². The average Bonchev–Trinajstić information content (AvgIpc) is 2.12. The molecule has 72 valence electrons. The molecule has 0 spiro atoms. The molecule has 1 aromatic rings. The van der Waals surface area contributed by atoms with E-state index in [2.05, 4.69) is 0 Å². The molecule has 0 aliphatic rings. The first-order chi connectivity index (χ1) is 6.24. The van der Waals surface area contributed by atoms with Crippen LogP contribution in [0.5, 0.6) is 0 Å². The molecule has 1 rings (SSSR count). The topological polar surface area (TPSA) is 42.2 Å².